The minimum absolute atomic E-state index is 0.152. The summed E-state index contributed by atoms with van der Waals surface area (Å²) in [6, 6.07) is 9.73. The summed E-state index contributed by atoms with van der Waals surface area (Å²) in [6.07, 6.45) is 0.404. The molecule has 1 aromatic heterocycles. The van der Waals surface area contributed by atoms with Gasteiger partial charge in [0.2, 0.25) is 0 Å². The smallest absolute Gasteiger partial charge is 0.343 e. The van der Waals surface area contributed by atoms with Crippen molar-refractivity contribution in [3.8, 4) is 11.5 Å². The van der Waals surface area contributed by atoms with Crippen molar-refractivity contribution in [2.75, 3.05) is 40.4 Å². The third-order valence-electron chi connectivity index (χ3n) is 6.50. The Morgan fingerprint density at radius 1 is 1.15 bits per heavy atom. The second-order valence-corrected chi connectivity index (χ2v) is 9.07. The third kappa shape index (κ3) is 5.11. The van der Waals surface area contributed by atoms with E-state index in [2.05, 4.69) is 27.9 Å². The standard InChI is InChI=1S/C25H34N4O5/c1-16(2)34-21-13-22(30)29-12-11-28(10-9-20(29)23(21)25(31)33-4)15-18-14-26-27-24(18)17-5-7-19(32-3)8-6-17/h5-8,13,16,18,24,26-27H,9-12,14-15H2,1-4H3. The molecule has 4 rings (SSSR count). The van der Waals surface area contributed by atoms with E-state index in [0.29, 0.717) is 35.9 Å². The molecule has 2 atom stereocenters. The number of carbonyl (C=O) groups excluding carboxylic acids is 1. The van der Waals surface area contributed by atoms with Crippen LogP contribution in [0.2, 0.25) is 0 Å². The Kier molecular flexibility index (Phi) is 7.55. The van der Waals surface area contributed by atoms with E-state index in [0.717, 1.165) is 31.9 Å². The number of rotatable bonds is 7. The molecule has 0 amide bonds. The summed E-state index contributed by atoms with van der Waals surface area (Å²) >= 11 is 0. The van der Waals surface area contributed by atoms with Gasteiger partial charge in [0.05, 0.1) is 26.4 Å². The number of methoxy groups -OCH3 is 2. The molecule has 0 radical (unpaired) electrons. The lowest BCUT2D eigenvalue weighted by Crippen LogP contribution is -2.35. The SMILES string of the molecule is COC(=O)c1c(OC(C)C)cc(=O)n2c1CCN(CC1CNNC1c1ccc(OC)cc1)CC2. The van der Waals surface area contributed by atoms with E-state index in [1.165, 1.54) is 18.7 Å². The van der Waals surface area contributed by atoms with Crippen molar-refractivity contribution in [3.63, 3.8) is 0 Å². The van der Waals surface area contributed by atoms with E-state index in [-0.39, 0.29) is 17.7 Å². The first-order valence-corrected chi connectivity index (χ1v) is 11.8. The maximum Gasteiger partial charge on any atom is 0.343 e. The van der Waals surface area contributed by atoms with Crippen molar-refractivity contribution in [1.29, 1.82) is 0 Å². The number of hydrogen-bond donors (Lipinski definition) is 2. The first-order valence-electron chi connectivity index (χ1n) is 11.8. The van der Waals surface area contributed by atoms with Crippen LogP contribution in [-0.4, -0.2) is 61.9 Å². The normalized spacial score (nSPS) is 20.6. The van der Waals surface area contributed by atoms with Crippen molar-refractivity contribution >= 4 is 5.97 Å². The number of hydrogen-bond acceptors (Lipinski definition) is 8. The predicted molar refractivity (Wildman–Crippen MR) is 128 cm³/mol. The van der Waals surface area contributed by atoms with Gasteiger partial charge in [0.15, 0.2) is 0 Å². The minimum Gasteiger partial charge on any atom is -0.497 e. The zero-order valence-corrected chi connectivity index (χ0v) is 20.3. The summed E-state index contributed by atoms with van der Waals surface area (Å²) in [5.41, 5.74) is 8.79. The molecule has 0 aliphatic carbocycles. The van der Waals surface area contributed by atoms with Crippen LogP contribution in [0.4, 0.5) is 0 Å². The number of benzene rings is 1. The quantitative estimate of drug-likeness (QED) is 0.592. The monoisotopic (exact) mass is 470 g/mol. The Morgan fingerprint density at radius 2 is 1.91 bits per heavy atom. The Labute approximate surface area is 200 Å². The van der Waals surface area contributed by atoms with Gasteiger partial charge in [-0.3, -0.25) is 10.2 Å². The van der Waals surface area contributed by atoms with Crippen LogP contribution < -0.4 is 25.9 Å². The van der Waals surface area contributed by atoms with Gasteiger partial charge in [-0.1, -0.05) is 12.1 Å². The van der Waals surface area contributed by atoms with Gasteiger partial charge in [-0.05, 0) is 31.5 Å². The lowest BCUT2D eigenvalue weighted by atomic mass is 9.94. The first-order chi connectivity index (χ1) is 16.4. The summed E-state index contributed by atoms with van der Waals surface area (Å²) in [6.45, 7) is 7.43. The molecular weight excluding hydrogens is 436 g/mol. The highest BCUT2D eigenvalue weighted by Crippen LogP contribution is 2.29. The molecule has 34 heavy (non-hydrogen) atoms. The van der Waals surface area contributed by atoms with Crippen LogP contribution in [0.3, 0.4) is 0 Å². The van der Waals surface area contributed by atoms with Crippen molar-refractivity contribution < 1.29 is 19.0 Å². The highest BCUT2D eigenvalue weighted by molar-refractivity contribution is 5.93. The summed E-state index contributed by atoms with van der Waals surface area (Å²) in [7, 11) is 3.02. The van der Waals surface area contributed by atoms with Crippen LogP contribution in [0, 0.1) is 5.92 Å². The molecule has 1 fully saturated rings. The number of hydrazine groups is 1. The fraction of sp³-hybridized carbons (Fsp3) is 0.520. The van der Waals surface area contributed by atoms with Crippen molar-refractivity contribution in [2.45, 2.75) is 39.0 Å². The molecule has 0 spiro atoms. The fourth-order valence-electron chi connectivity index (χ4n) is 4.85. The van der Waals surface area contributed by atoms with Crippen molar-refractivity contribution in [3.05, 3.63) is 57.5 Å². The Morgan fingerprint density at radius 3 is 2.59 bits per heavy atom. The number of nitrogens with zero attached hydrogens (tertiary/aromatic N) is 2. The summed E-state index contributed by atoms with van der Waals surface area (Å²) < 4.78 is 17.8. The average molecular weight is 471 g/mol. The Balaban J connectivity index is 1.53. The summed E-state index contributed by atoms with van der Waals surface area (Å²) in [5, 5.41) is 0. The van der Waals surface area contributed by atoms with E-state index < -0.39 is 5.97 Å². The predicted octanol–water partition coefficient (Wildman–Crippen LogP) is 1.75. The number of fused-ring (bicyclic) bond motifs is 1. The van der Waals surface area contributed by atoms with Gasteiger partial charge < -0.3 is 23.7 Å². The Hall–Kier alpha value is -2.88. The van der Waals surface area contributed by atoms with E-state index >= 15 is 0 Å². The minimum atomic E-state index is -0.475. The number of esters is 1. The molecule has 2 aliphatic rings. The van der Waals surface area contributed by atoms with Crippen LogP contribution >= 0.6 is 0 Å². The molecule has 0 bridgehead atoms. The molecule has 1 aromatic carbocycles. The first kappa shape index (κ1) is 24.3. The highest BCUT2D eigenvalue weighted by Gasteiger charge is 2.32. The molecule has 2 aromatic rings. The third-order valence-corrected chi connectivity index (χ3v) is 6.50. The van der Waals surface area contributed by atoms with Crippen LogP contribution in [0.1, 0.15) is 41.5 Å². The number of carbonyl (C=O) groups is 1. The maximum atomic E-state index is 12.9. The molecular formula is C25H34N4O5. The van der Waals surface area contributed by atoms with Crippen molar-refractivity contribution in [1.82, 2.24) is 20.3 Å². The molecule has 2 unspecified atom stereocenters. The lowest BCUT2D eigenvalue weighted by Gasteiger charge is -2.26. The van der Waals surface area contributed by atoms with E-state index in [1.807, 2.05) is 26.0 Å². The fourth-order valence-corrected chi connectivity index (χ4v) is 4.85. The van der Waals surface area contributed by atoms with Gasteiger partial charge in [0, 0.05) is 56.8 Å². The maximum absolute atomic E-state index is 12.9. The molecule has 3 heterocycles. The molecule has 1 saturated heterocycles. The summed E-state index contributed by atoms with van der Waals surface area (Å²) in [5.74, 6) is 1.02. The number of nitrogens with one attached hydrogen (secondary N) is 2. The van der Waals surface area contributed by atoms with Crippen LogP contribution in [0.25, 0.3) is 0 Å². The zero-order chi connectivity index (χ0) is 24.2. The number of pyridine rings is 1. The molecule has 9 nitrogen and oxygen atoms in total. The van der Waals surface area contributed by atoms with Gasteiger partial charge in [0.25, 0.3) is 5.56 Å². The molecule has 9 heteroatoms. The lowest BCUT2D eigenvalue weighted by molar-refractivity contribution is 0.0591. The van der Waals surface area contributed by atoms with Gasteiger partial charge in [-0.15, -0.1) is 0 Å². The number of aromatic nitrogens is 1. The molecule has 0 saturated carbocycles. The van der Waals surface area contributed by atoms with Gasteiger partial charge in [-0.25, -0.2) is 10.2 Å². The Bertz CT molecular complexity index is 1070. The van der Waals surface area contributed by atoms with Gasteiger partial charge in [0.1, 0.15) is 17.1 Å². The van der Waals surface area contributed by atoms with Crippen LogP contribution in [0.15, 0.2) is 35.1 Å². The highest BCUT2D eigenvalue weighted by atomic mass is 16.5. The molecule has 184 valence electrons. The van der Waals surface area contributed by atoms with E-state index in [1.54, 1.807) is 11.7 Å². The second kappa shape index (κ2) is 10.6. The molecule has 2 N–H and O–H groups in total. The van der Waals surface area contributed by atoms with E-state index in [4.69, 9.17) is 14.2 Å². The van der Waals surface area contributed by atoms with Crippen LogP contribution in [0.5, 0.6) is 11.5 Å². The van der Waals surface area contributed by atoms with Crippen LogP contribution in [-0.2, 0) is 17.7 Å². The topological polar surface area (TPSA) is 94.1 Å². The zero-order valence-electron chi connectivity index (χ0n) is 20.3. The van der Waals surface area contributed by atoms with Gasteiger partial charge >= 0.3 is 5.97 Å². The number of ether oxygens (including phenoxy) is 3. The van der Waals surface area contributed by atoms with E-state index in [9.17, 15) is 9.59 Å². The van der Waals surface area contributed by atoms with Crippen molar-refractivity contribution in [2.24, 2.45) is 5.92 Å². The summed E-state index contributed by atoms with van der Waals surface area (Å²) in [4.78, 5) is 27.9. The average Bonchev–Trinajstić information content (AvgIpc) is 3.18. The van der Waals surface area contributed by atoms with Gasteiger partial charge in [-0.2, -0.15) is 0 Å². The molecule has 2 aliphatic heterocycles. The largest absolute Gasteiger partial charge is 0.497 e. The second-order valence-electron chi connectivity index (χ2n) is 9.07.